The van der Waals surface area contributed by atoms with Gasteiger partial charge in [0.15, 0.2) is 6.29 Å². The van der Waals surface area contributed by atoms with Crippen LogP contribution in [0, 0.1) is 0 Å². The van der Waals surface area contributed by atoms with E-state index in [0.717, 1.165) is 32.7 Å². The number of fused-ring (bicyclic) bond motifs is 2. The normalized spacial score (nSPS) is 12.2. The quantitative estimate of drug-likeness (QED) is 0.417. The van der Waals surface area contributed by atoms with Gasteiger partial charge in [-0.2, -0.15) is 0 Å². The summed E-state index contributed by atoms with van der Waals surface area (Å²) in [4.78, 5) is 0. The van der Waals surface area contributed by atoms with Crippen molar-refractivity contribution in [3.63, 3.8) is 0 Å². The van der Waals surface area contributed by atoms with Crippen molar-refractivity contribution >= 4 is 33.2 Å². The first-order chi connectivity index (χ1) is 12.2. The molecular formula is C23H18O2. The Morgan fingerprint density at radius 2 is 1.20 bits per heavy atom. The molecule has 122 valence electrons. The number of hydrogen-bond donors (Lipinski definition) is 2. The summed E-state index contributed by atoms with van der Waals surface area (Å²) in [6, 6.07) is 28.0. The van der Waals surface area contributed by atoms with E-state index in [2.05, 4.69) is 12.1 Å². The largest absolute Gasteiger partial charge is 0.364 e. The Morgan fingerprint density at radius 3 is 1.92 bits per heavy atom. The van der Waals surface area contributed by atoms with E-state index in [1.165, 1.54) is 0 Å². The number of benzene rings is 4. The van der Waals surface area contributed by atoms with Crippen molar-refractivity contribution in [2.24, 2.45) is 0 Å². The lowest BCUT2D eigenvalue weighted by Gasteiger charge is -2.14. The molecule has 0 radical (unpaired) electrons. The van der Waals surface area contributed by atoms with Gasteiger partial charge in [0.2, 0.25) is 0 Å². The molecule has 0 fully saturated rings. The lowest BCUT2D eigenvalue weighted by Crippen LogP contribution is -2.08. The number of hydrogen-bond acceptors (Lipinski definition) is 2. The fourth-order valence-electron chi connectivity index (χ4n) is 3.31. The molecule has 0 aromatic heterocycles. The molecule has 4 rings (SSSR count). The first-order valence-corrected chi connectivity index (χ1v) is 8.28. The second kappa shape index (κ2) is 6.52. The summed E-state index contributed by atoms with van der Waals surface area (Å²) in [5, 5.41) is 24.4. The first-order valence-electron chi connectivity index (χ1n) is 8.28. The Bertz CT molecular complexity index is 1070. The van der Waals surface area contributed by atoms with Crippen LogP contribution in [0.1, 0.15) is 11.1 Å². The van der Waals surface area contributed by atoms with Crippen LogP contribution in [0.5, 0.6) is 0 Å². The highest BCUT2D eigenvalue weighted by atomic mass is 16.5. The van der Waals surface area contributed by atoms with Crippen LogP contribution < -0.4 is 0 Å². The molecule has 2 heteroatoms. The molecule has 0 bridgehead atoms. The maximum atomic E-state index is 10.0. The van der Waals surface area contributed by atoms with E-state index in [1.54, 1.807) is 0 Å². The van der Waals surface area contributed by atoms with E-state index >= 15 is 0 Å². The summed E-state index contributed by atoms with van der Waals surface area (Å²) in [6.07, 6.45) is 0.319. The first kappa shape index (κ1) is 15.6. The van der Waals surface area contributed by atoms with Gasteiger partial charge in [-0.1, -0.05) is 84.9 Å². The third-order valence-electron chi connectivity index (χ3n) is 4.51. The molecule has 0 saturated carbocycles. The van der Waals surface area contributed by atoms with Crippen LogP contribution in [-0.2, 0) is 0 Å². The Hall–Kier alpha value is -2.94. The SMILES string of the molecule is OC(O)/C(=C/c1cccc2ccccc12)c1cccc2ccccc12. The molecule has 25 heavy (non-hydrogen) atoms. The second-order valence-corrected chi connectivity index (χ2v) is 6.07. The topological polar surface area (TPSA) is 40.5 Å². The third kappa shape index (κ3) is 2.93. The van der Waals surface area contributed by atoms with Crippen LogP contribution in [0.3, 0.4) is 0 Å². The molecule has 2 N–H and O–H groups in total. The smallest absolute Gasteiger partial charge is 0.179 e. The van der Waals surface area contributed by atoms with Gasteiger partial charge in [-0.05, 0) is 38.7 Å². The van der Waals surface area contributed by atoms with Gasteiger partial charge in [-0.3, -0.25) is 0 Å². The third-order valence-corrected chi connectivity index (χ3v) is 4.51. The predicted molar refractivity (Wildman–Crippen MR) is 104 cm³/mol. The second-order valence-electron chi connectivity index (χ2n) is 6.07. The lowest BCUT2D eigenvalue weighted by molar-refractivity contribution is 0.0119. The summed E-state index contributed by atoms with van der Waals surface area (Å²) < 4.78 is 0. The fourth-order valence-corrected chi connectivity index (χ4v) is 3.31. The van der Waals surface area contributed by atoms with E-state index in [1.807, 2.05) is 78.9 Å². The van der Waals surface area contributed by atoms with Gasteiger partial charge in [0.05, 0.1) is 0 Å². The van der Waals surface area contributed by atoms with Crippen molar-refractivity contribution in [3.8, 4) is 0 Å². The van der Waals surface area contributed by atoms with Crippen molar-refractivity contribution < 1.29 is 10.2 Å². The highest BCUT2D eigenvalue weighted by Crippen LogP contribution is 2.30. The maximum Gasteiger partial charge on any atom is 0.179 e. The molecule has 2 nitrogen and oxygen atoms in total. The molecule has 0 saturated heterocycles. The minimum Gasteiger partial charge on any atom is -0.364 e. The van der Waals surface area contributed by atoms with Crippen LogP contribution >= 0.6 is 0 Å². The van der Waals surface area contributed by atoms with E-state index in [0.29, 0.717) is 5.57 Å². The Kier molecular flexibility index (Phi) is 4.06. The molecule has 0 aliphatic carbocycles. The van der Waals surface area contributed by atoms with E-state index in [9.17, 15) is 10.2 Å². The molecule has 0 aliphatic heterocycles. The average Bonchev–Trinajstić information content (AvgIpc) is 2.65. The van der Waals surface area contributed by atoms with Crippen molar-refractivity contribution in [1.82, 2.24) is 0 Å². The Balaban J connectivity index is 1.96. The molecule has 0 atom stereocenters. The minimum atomic E-state index is -1.55. The molecule has 0 spiro atoms. The van der Waals surface area contributed by atoms with E-state index < -0.39 is 6.29 Å². The van der Waals surface area contributed by atoms with Gasteiger partial charge in [0.1, 0.15) is 0 Å². The van der Waals surface area contributed by atoms with Crippen molar-refractivity contribution in [1.29, 1.82) is 0 Å². The predicted octanol–water partition coefficient (Wildman–Crippen LogP) is 4.84. The van der Waals surface area contributed by atoms with Gasteiger partial charge < -0.3 is 10.2 Å². The van der Waals surface area contributed by atoms with Gasteiger partial charge in [0.25, 0.3) is 0 Å². The average molecular weight is 326 g/mol. The standard InChI is InChI=1S/C23H18O2/c24-23(25)22(21-14-6-10-17-8-2-4-13-20(17)21)15-18-11-5-9-16-7-1-3-12-19(16)18/h1-15,23-25H/b22-15+. The number of aliphatic hydroxyl groups is 2. The van der Waals surface area contributed by atoms with Crippen molar-refractivity contribution in [3.05, 3.63) is 96.1 Å². The van der Waals surface area contributed by atoms with Gasteiger partial charge in [0, 0.05) is 5.57 Å². The van der Waals surface area contributed by atoms with Gasteiger partial charge in [-0.15, -0.1) is 0 Å². The van der Waals surface area contributed by atoms with Crippen molar-refractivity contribution in [2.75, 3.05) is 0 Å². The number of rotatable bonds is 3. The van der Waals surface area contributed by atoms with Crippen LogP contribution in [0.25, 0.3) is 33.2 Å². The zero-order valence-electron chi connectivity index (χ0n) is 13.6. The van der Waals surface area contributed by atoms with Gasteiger partial charge in [-0.25, -0.2) is 0 Å². The van der Waals surface area contributed by atoms with Crippen LogP contribution in [0.4, 0.5) is 0 Å². The fraction of sp³-hybridized carbons (Fsp3) is 0.0435. The summed E-state index contributed by atoms with van der Waals surface area (Å²) in [6.45, 7) is 0. The van der Waals surface area contributed by atoms with Crippen LogP contribution in [-0.4, -0.2) is 16.5 Å². The lowest BCUT2D eigenvalue weighted by atomic mass is 9.95. The maximum absolute atomic E-state index is 10.0. The van der Waals surface area contributed by atoms with Gasteiger partial charge >= 0.3 is 0 Å². The molecule has 0 heterocycles. The van der Waals surface area contributed by atoms with Crippen LogP contribution in [0.2, 0.25) is 0 Å². The molecule has 4 aromatic carbocycles. The summed E-state index contributed by atoms with van der Waals surface area (Å²) in [5.41, 5.74) is 2.29. The molecule has 0 aliphatic rings. The van der Waals surface area contributed by atoms with E-state index in [4.69, 9.17) is 0 Å². The zero-order chi connectivity index (χ0) is 17.2. The Morgan fingerprint density at radius 1 is 0.640 bits per heavy atom. The highest BCUT2D eigenvalue weighted by molar-refractivity contribution is 6.01. The monoisotopic (exact) mass is 326 g/mol. The van der Waals surface area contributed by atoms with E-state index in [-0.39, 0.29) is 0 Å². The van der Waals surface area contributed by atoms with Crippen molar-refractivity contribution in [2.45, 2.75) is 6.29 Å². The summed E-state index contributed by atoms with van der Waals surface area (Å²) in [7, 11) is 0. The molecular weight excluding hydrogens is 308 g/mol. The zero-order valence-corrected chi connectivity index (χ0v) is 13.6. The molecule has 4 aromatic rings. The highest BCUT2D eigenvalue weighted by Gasteiger charge is 2.13. The Labute approximate surface area is 146 Å². The molecule has 0 unspecified atom stereocenters. The molecule has 0 amide bonds. The summed E-state index contributed by atoms with van der Waals surface area (Å²) in [5.74, 6) is 0. The van der Waals surface area contributed by atoms with Crippen LogP contribution in [0.15, 0.2) is 84.9 Å². The minimum absolute atomic E-state index is 0.494. The summed E-state index contributed by atoms with van der Waals surface area (Å²) >= 11 is 0. The number of aliphatic hydroxyl groups excluding tert-OH is 1.